The van der Waals surface area contributed by atoms with E-state index in [1.165, 1.54) is 6.92 Å². The SMILES string of the molecule is CC(=O)Nc1ccc(C(=O)NC(CC(C)C)C(=O)N[C@@H]2C(=O)CO[C@@H]2C)cc1. The van der Waals surface area contributed by atoms with E-state index in [1.807, 2.05) is 13.8 Å². The molecule has 152 valence electrons. The quantitative estimate of drug-likeness (QED) is 0.650. The van der Waals surface area contributed by atoms with Crippen LogP contribution in [0, 0.1) is 5.92 Å². The molecule has 0 radical (unpaired) electrons. The first-order valence-electron chi connectivity index (χ1n) is 9.30. The molecule has 1 aromatic carbocycles. The Bertz CT molecular complexity index is 745. The van der Waals surface area contributed by atoms with Crippen molar-refractivity contribution in [1.82, 2.24) is 10.6 Å². The Balaban J connectivity index is 2.06. The molecule has 8 nitrogen and oxygen atoms in total. The van der Waals surface area contributed by atoms with Gasteiger partial charge in [-0.05, 0) is 43.5 Å². The molecular formula is C20H27N3O5. The third-order valence-electron chi connectivity index (χ3n) is 4.40. The molecule has 28 heavy (non-hydrogen) atoms. The van der Waals surface area contributed by atoms with Crippen LogP contribution in [0.2, 0.25) is 0 Å². The summed E-state index contributed by atoms with van der Waals surface area (Å²) in [6.07, 6.45) is 0.0331. The van der Waals surface area contributed by atoms with Crippen LogP contribution in [0.3, 0.4) is 0 Å². The van der Waals surface area contributed by atoms with Crippen molar-refractivity contribution >= 4 is 29.2 Å². The second kappa shape index (κ2) is 9.45. The standard InChI is InChI=1S/C20H27N3O5/c1-11(2)9-16(20(27)23-18-12(3)28-10-17(18)25)22-19(26)14-5-7-15(8-6-14)21-13(4)24/h5-8,11-12,16,18H,9-10H2,1-4H3,(H,21,24)(H,22,26)(H,23,27)/t12-,16?,18+/m1/s1. The lowest BCUT2D eigenvalue weighted by atomic mass is 10.0. The van der Waals surface area contributed by atoms with E-state index in [0.717, 1.165) is 0 Å². The number of carbonyl (C=O) groups excluding carboxylic acids is 4. The van der Waals surface area contributed by atoms with Crippen LogP contribution in [-0.2, 0) is 19.1 Å². The minimum absolute atomic E-state index is 0.0199. The Morgan fingerprint density at radius 1 is 1.18 bits per heavy atom. The van der Waals surface area contributed by atoms with Crippen LogP contribution >= 0.6 is 0 Å². The summed E-state index contributed by atoms with van der Waals surface area (Å²) in [6, 6.07) is 4.90. The van der Waals surface area contributed by atoms with Gasteiger partial charge < -0.3 is 20.7 Å². The van der Waals surface area contributed by atoms with Crippen LogP contribution in [0.4, 0.5) is 5.69 Å². The number of anilines is 1. The number of Topliss-reactive ketones (excluding diaryl/α,β-unsaturated/α-hetero) is 1. The number of hydrogen-bond acceptors (Lipinski definition) is 5. The summed E-state index contributed by atoms with van der Waals surface area (Å²) in [5.74, 6) is -1.04. The van der Waals surface area contributed by atoms with E-state index in [4.69, 9.17) is 4.74 Å². The first kappa shape index (κ1) is 21.6. The average Bonchev–Trinajstić information content (AvgIpc) is 2.92. The topological polar surface area (TPSA) is 114 Å². The monoisotopic (exact) mass is 389 g/mol. The molecule has 3 N–H and O–H groups in total. The zero-order valence-electron chi connectivity index (χ0n) is 16.6. The molecule has 1 aliphatic rings. The van der Waals surface area contributed by atoms with Crippen LogP contribution in [-0.4, -0.2) is 48.3 Å². The first-order chi connectivity index (χ1) is 13.2. The highest BCUT2D eigenvalue weighted by Gasteiger charge is 2.35. The van der Waals surface area contributed by atoms with E-state index in [0.29, 0.717) is 17.7 Å². The summed E-state index contributed by atoms with van der Waals surface area (Å²) < 4.78 is 5.25. The highest BCUT2D eigenvalue weighted by molar-refractivity contribution is 5.99. The molecule has 1 saturated heterocycles. The molecule has 1 aromatic rings. The van der Waals surface area contributed by atoms with E-state index >= 15 is 0 Å². The van der Waals surface area contributed by atoms with Gasteiger partial charge in [0.15, 0.2) is 5.78 Å². The zero-order valence-corrected chi connectivity index (χ0v) is 16.6. The summed E-state index contributed by atoms with van der Waals surface area (Å²) in [6.45, 7) is 7.00. The molecule has 8 heteroatoms. The minimum Gasteiger partial charge on any atom is -0.368 e. The maximum atomic E-state index is 12.7. The average molecular weight is 389 g/mol. The van der Waals surface area contributed by atoms with E-state index in [1.54, 1.807) is 31.2 Å². The molecule has 0 bridgehead atoms. The minimum atomic E-state index is -0.775. The molecule has 1 heterocycles. The molecule has 0 spiro atoms. The Morgan fingerprint density at radius 3 is 2.32 bits per heavy atom. The maximum Gasteiger partial charge on any atom is 0.251 e. The van der Waals surface area contributed by atoms with E-state index in [2.05, 4.69) is 16.0 Å². The van der Waals surface area contributed by atoms with Gasteiger partial charge in [-0.2, -0.15) is 0 Å². The van der Waals surface area contributed by atoms with Crippen LogP contribution in [0.25, 0.3) is 0 Å². The van der Waals surface area contributed by atoms with Gasteiger partial charge in [-0.25, -0.2) is 0 Å². The predicted molar refractivity (Wildman–Crippen MR) is 104 cm³/mol. The van der Waals surface area contributed by atoms with E-state index in [-0.39, 0.29) is 24.2 Å². The number of benzene rings is 1. The van der Waals surface area contributed by atoms with Crippen molar-refractivity contribution in [3.8, 4) is 0 Å². The van der Waals surface area contributed by atoms with Gasteiger partial charge in [-0.3, -0.25) is 19.2 Å². The van der Waals surface area contributed by atoms with Gasteiger partial charge in [0.25, 0.3) is 5.91 Å². The molecular weight excluding hydrogens is 362 g/mol. The van der Waals surface area contributed by atoms with Gasteiger partial charge in [0.05, 0.1) is 6.10 Å². The van der Waals surface area contributed by atoms with Crippen LogP contribution in [0.15, 0.2) is 24.3 Å². The number of rotatable bonds is 7. The van der Waals surface area contributed by atoms with Gasteiger partial charge in [0, 0.05) is 18.2 Å². The summed E-state index contributed by atoms with van der Waals surface area (Å²) in [5.41, 5.74) is 0.943. The molecule has 0 aromatic heterocycles. The molecule has 1 fully saturated rings. The largest absolute Gasteiger partial charge is 0.368 e. The van der Waals surface area contributed by atoms with Crippen molar-refractivity contribution < 1.29 is 23.9 Å². The smallest absolute Gasteiger partial charge is 0.251 e. The van der Waals surface area contributed by atoms with Crippen LogP contribution < -0.4 is 16.0 Å². The van der Waals surface area contributed by atoms with Gasteiger partial charge in [-0.15, -0.1) is 0 Å². The lowest BCUT2D eigenvalue weighted by molar-refractivity contribution is -0.127. The highest BCUT2D eigenvalue weighted by atomic mass is 16.5. The van der Waals surface area contributed by atoms with Crippen molar-refractivity contribution in [2.75, 3.05) is 11.9 Å². The van der Waals surface area contributed by atoms with Crippen LogP contribution in [0.5, 0.6) is 0 Å². The molecule has 1 aliphatic heterocycles. The molecule has 0 aliphatic carbocycles. The molecule has 3 amide bonds. The normalized spacial score (nSPS) is 20.0. The number of amides is 3. The second-order valence-corrected chi connectivity index (χ2v) is 7.38. The van der Waals surface area contributed by atoms with Gasteiger partial charge in [0.2, 0.25) is 11.8 Å². The van der Waals surface area contributed by atoms with E-state index in [9.17, 15) is 19.2 Å². The third kappa shape index (κ3) is 5.88. The highest BCUT2D eigenvalue weighted by Crippen LogP contribution is 2.13. The summed E-state index contributed by atoms with van der Waals surface area (Å²) in [5, 5.41) is 8.06. The number of ketones is 1. The predicted octanol–water partition coefficient (Wildman–Crippen LogP) is 1.26. The number of ether oxygens (including phenoxy) is 1. The summed E-state index contributed by atoms with van der Waals surface area (Å²) >= 11 is 0. The van der Waals surface area contributed by atoms with Crippen molar-refractivity contribution in [2.24, 2.45) is 5.92 Å². The first-order valence-corrected chi connectivity index (χ1v) is 9.30. The number of carbonyl (C=O) groups is 4. The van der Waals surface area contributed by atoms with Crippen LogP contribution in [0.1, 0.15) is 44.5 Å². The summed E-state index contributed by atoms with van der Waals surface area (Å²) in [7, 11) is 0. The zero-order chi connectivity index (χ0) is 20.8. The van der Waals surface area contributed by atoms with E-state index < -0.39 is 30.0 Å². The molecule has 0 saturated carbocycles. The third-order valence-corrected chi connectivity index (χ3v) is 4.40. The van der Waals surface area contributed by atoms with Gasteiger partial charge >= 0.3 is 0 Å². The fourth-order valence-electron chi connectivity index (χ4n) is 2.97. The maximum absolute atomic E-state index is 12.7. The fraction of sp³-hybridized carbons (Fsp3) is 0.500. The van der Waals surface area contributed by atoms with Crippen molar-refractivity contribution in [1.29, 1.82) is 0 Å². The lowest BCUT2D eigenvalue weighted by Crippen LogP contribution is -2.53. The fourth-order valence-corrected chi connectivity index (χ4v) is 2.97. The number of nitrogens with one attached hydrogen (secondary N) is 3. The Kier molecular flexibility index (Phi) is 7.28. The van der Waals surface area contributed by atoms with Crippen molar-refractivity contribution in [3.05, 3.63) is 29.8 Å². The number of hydrogen-bond donors (Lipinski definition) is 3. The Hall–Kier alpha value is -2.74. The Labute approximate surface area is 164 Å². The Morgan fingerprint density at radius 2 is 1.82 bits per heavy atom. The molecule has 3 atom stereocenters. The van der Waals surface area contributed by atoms with Gasteiger partial charge in [0.1, 0.15) is 18.7 Å². The van der Waals surface area contributed by atoms with Crippen molar-refractivity contribution in [3.63, 3.8) is 0 Å². The second-order valence-electron chi connectivity index (χ2n) is 7.38. The molecule has 1 unspecified atom stereocenters. The van der Waals surface area contributed by atoms with Crippen molar-refractivity contribution in [2.45, 2.75) is 52.3 Å². The molecule has 2 rings (SSSR count). The van der Waals surface area contributed by atoms with Gasteiger partial charge in [-0.1, -0.05) is 13.8 Å². The lowest BCUT2D eigenvalue weighted by Gasteiger charge is -2.23. The summed E-state index contributed by atoms with van der Waals surface area (Å²) in [4.78, 5) is 48.2.